The molecule has 0 saturated carbocycles. The molecule has 0 aliphatic carbocycles. The quantitative estimate of drug-likeness (QED) is 0.422. The Hall–Kier alpha value is -1.67. The molecule has 1 aromatic rings. The molecule has 0 fully saturated rings. The summed E-state index contributed by atoms with van der Waals surface area (Å²) < 4.78 is 0. The molecule has 0 aromatic heterocycles. The maximum Gasteiger partial charge on any atom is 0.240 e. The van der Waals surface area contributed by atoms with Crippen molar-refractivity contribution in [3.05, 3.63) is 29.8 Å². The Bertz CT molecular complexity index is 432. The Morgan fingerprint density at radius 3 is 2.47 bits per heavy atom. The average Bonchev–Trinajstić information content (AvgIpc) is 2.36. The van der Waals surface area contributed by atoms with E-state index in [0.29, 0.717) is 12.2 Å². The van der Waals surface area contributed by atoms with Gasteiger partial charge in [0.2, 0.25) is 12.2 Å². The van der Waals surface area contributed by atoms with Crippen LogP contribution in [-0.4, -0.2) is 30.2 Å². The summed E-state index contributed by atoms with van der Waals surface area (Å²) in [5.41, 5.74) is 1.82. The molecule has 17 heavy (non-hydrogen) atoms. The van der Waals surface area contributed by atoms with E-state index in [9.17, 15) is 9.59 Å². The summed E-state index contributed by atoms with van der Waals surface area (Å²) >= 11 is 1.74. The minimum Gasteiger partial charge on any atom is -0.211 e. The molecule has 0 radical (unpaired) electrons. The summed E-state index contributed by atoms with van der Waals surface area (Å²) in [4.78, 5) is 26.8. The highest BCUT2D eigenvalue weighted by Crippen LogP contribution is 2.13. The summed E-state index contributed by atoms with van der Waals surface area (Å²) in [6.45, 7) is 0.529. The zero-order valence-electron chi connectivity index (χ0n) is 9.26. The molecule has 88 valence electrons. The summed E-state index contributed by atoms with van der Waals surface area (Å²) in [5, 5.41) is 0. The van der Waals surface area contributed by atoms with Gasteiger partial charge in [-0.15, -0.1) is 0 Å². The van der Waals surface area contributed by atoms with E-state index in [1.54, 1.807) is 23.9 Å². The van der Waals surface area contributed by atoms with Crippen LogP contribution in [0.1, 0.15) is 5.56 Å². The van der Waals surface area contributed by atoms with Gasteiger partial charge in [0.1, 0.15) is 0 Å². The number of rotatable bonds is 7. The second-order valence-corrected chi connectivity index (χ2v) is 4.43. The SMILES string of the molecule is O=C=NCCSCCc1ccc(N=C=O)cc1. The number of benzene rings is 1. The second-order valence-electron chi connectivity index (χ2n) is 3.20. The molecule has 4 nitrogen and oxygen atoms in total. The third-order valence-electron chi connectivity index (χ3n) is 2.06. The van der Waals surface area contributed by atoms with Gasteiger partial charge in [0.05, 0.1) is 12.2 Å². The maximum absolute atomic E-state index is 10.0. The summed E-state index contributed by atoms with van der Waals surface area (Å²) in [5.74, 6) is 1.81. The van der Waals surface area contributed by atoms with Gasteiger partial charge in [0.15, 0.2) is 0 Å². The zero-order chi connectivity index (χ0) is 12.3. The summed E-state index contributed by atoms with van der Waals surface area (Å²) in [7, 11) is 0. The van der Waals surface area contributed by atoms with E-state index in [-0.39, 0.29) is 0 Å². The molecular formula is C12H12N2O2S. The molecule has 0 aliphatic rings. The molecule has 1 rings (SSSR count). The number of carbonyl (C=O) groups excluding carboxylic acids is 2. The highest BCUT2D eigenvalue weighted by atomic mass is 32.2. The van der Waals surface area contributed by atoms with Crippen LogP contribution in [0.4, 0.5) is 5.69 Å². The fourth-order valence-electron chi connectivity index (χ4n) is 1.24. The standard InChI is InChI=1S/C12H12N2O2S/c15-9-13-6-8-17-7-5-11-1-3-12(4-2-11)14-10-16/h1-4H,5-8H2. The lowest BCUT2D eigenvalue weighted by atomic mass is 10.1. The number of hydrogen-bond acceptors (Lipinski definition) is 5. The third-order valence-corrected chi connectivity index (χ3v) is 3.02. The third kappa shape index (κ3) is 5.83. The lowest BCUT2D eigenvalue weighted by molar-refractivity contribution is 0.563. The Balaban J connectivity index is 2.27. The summed E-state index contributed by atoms with van der Waals surface area (Å²) in [6.07, 6.45) is 3.96. The molecule has 0 atom stereocenters. The van der Waals surface area contributed by atoms with Crippen molar-refractivity contribution in [2.24, 2.45) is 9.98 Å². The maximum atomic E-state index is 10.0. The number of isocyanates is 2. The van der Waals surface area contributed by atoms with E-state index < -0.39 is 0 Å². The van der Waals surface area contributed by atoms with Crippen molar-refractivity contribution in [2.45, 2.75) is 6.42 Å². The predicted octanol–water partition coefficient (Wildman–Crippen LogP) is 2.27. The first-order valence-corrected chi connectivity index (χ1v) is 6.30. The van der Waals surface area contributed by atoms with Crippen LogP contribution in [0.5, 0.6) is 0 Å². The number of nitrogens with zero attached hydrogens (tertiary/aromatic N) is 2. The van der Waals surface area contributed by atoms with Gasteiger partial charge in [-0.25, -0.2) is 14.6 Å². The number of aryl methyl sites for hydroxylation is 1. The average molecular weight is 248 g/mol. The number of aliphatic imine (C=N–C) groups is 2. The number of hydrogen-bond donors (Lipinski definition) is 0. The van der Waals surface area contributed by atoms with Gasteiger partial charge in [0.25, 0.3) is 0 Å². The lowest BCUT2D eigenvalue weighted by Gasteiger charge is -2.00. The highest BCUT2D eigenvalue weighted by Gasteiger charge is 1.94. The Morgan fingerprint density at radius 1 is 1.06 bits per heavy atom. The topological polar surface area (TPSA) is 58.9 Å². The predicted molar refractivity (Wildman–Crippen MR) is 68.2 cm³/mol. The minimum atomic E-state index is 0.529. The van der Waals surface area contributed by atoms with Crippen LogP contribution >= 0.6 is 11.8 Å². The first-order valence-electron chi connectivity index (χ1n) is 5.15. The molecule has 0 unspecified atom stereocenters. The molecular weight excluding hydrogens is 236 g/mol. The van der Waals surface area contributed by atoms with Gasteiger partial charge in [-0.05, 0) is 29.9 Å². The van der Waals surface area contributed by atoms with Crippen LogP contribution in [-0.2, 0) is 16.0 Å². The molecule has 5 heteroatoms. The normalized spacial score (nSPS) is 9.18. The van der Waals surface area contributed by atoms with Gasteiger partial charge in [-0.2, -0.15) is 16.8 Å². The van der Waals surface area contributed by atoms with Crippen molar-refractivity contribution in [3.8, 4) is 0 Å². The highest BCUT2D eigenvalue weighted by molar-refractivity contribution is 7.99. The van der Waals surface area contributed by atoms with Crippen LogP contribution < -0.4 is 0 Å². The zero-order valence-corrected chi connectivity index (χ0v) is 10.1. The van der Waals surface area contributed by atoms with E-state index in [1.165, 1.54) is 17.7 Å². The Labute approximate surface area is 104 Å². The van der Waals surface area contributed by atoms with Crippen LogP contribution in [0.15, 0.2) is 34.3 Å². The van der Waals surface area contributed by atoms with E-state index in [2.05, 4.69) is 9.98 Å². The van der Waals surface area contributed by atoms with Crippen molar-refractivity contribution >= 4 is 29.6 Å². The fourth-order valence-corrected chi connectivity index (χ4v) is 2.04. The van der Waals surface area contributed by atoms with Crippen molar-refractivity contribution in [1.82, 2.24) is 0 Å². The van der Waals surface area contributed by atoms with Crippen LogP contribution in [0, 0.1) is 0 Å². The van der Waals surface area contributed by atoms with Crippen LogP contribution in [0.3, 0.4) is 0 Å². The minimum absolute atomic E-state index is 0.529. The molecule has 1 aromatic carbocycles. The van der Waals surface area contributed by atoms with E-state index >= 15 is 0 Å². The Kier molecular flexibility index (Phi) is 6.68. The van der Waals surface area contributed by atoms with Crippen LogP contribution in [0.25, 0.3) is 0 Å². The molecule has 0 heterocycles. The molecule has 0 aliphatic heterocycles. The van der Waals surface area contributed by atoms with Crippen molar-refractivity contribution in [3.63, 3.8) is 0 Å². The Morgan fingerprint density at radius 2 is 1.82 bits per heavy atom. The van der Waals surface area contributed by atoms with Crippen molar-refractivity contribution in [1.29, 1.82) is 0 Å². The molecule has 0 N–H and O–H groups in total. The first kappa shape index (κ1) is 13.4. The van der Waals surface area contributed by atoms with E-state index in [0.717, 1.165) is 17.9 Å². The fraction of sp³-hybridized carbons (Fsp3) is 0.333. The number of thioether (sulfide) groups is 1. The van der Waals surface area contributed by atoms with Gasteiger partial charge < -0.3 is 0 Å². The van der Waals surface area contributed by atoms with Gasteiger partial charge in [0, 0.05) is 5.75 Å². The molecule has 0 saturated heterocycles. The monoisotopic (exact) mass is 248 g/mol. The largest absolute Gasteiger partial charge is 0.240 e. The van der Waals surface area contributed by atoms with Crippen LogP contribution in [0.2, 0.25) is 0 Å². The van der Waals surface area contributed by atoms with E-state index in [4.69, 9.17) is 0 Å². The van der Waals surface area contributed by atoms with Gasteiger partial charge >= 0.3 is 0 Å². The molecule has 0 amide bonds. The lowest BCUT2D eigenvalue weighted by Crippen LogP contribution is -1.91. The van der Waals surface area contributed by atoms with E-state index in [1.807, 2.05) is 12.1 Å². The smallest absolute Gasteiger partial charge is 0.211 e. The summed E-state index contributed by atoms with van der Waals surface area (Å²) in [6, 6.07) is 7.48. The molecule has 0 spiro atoms. The van der Waals surface area contributed by atoms with Gasteiger partial charge in [-0.3, -0.25) is 0 Å². The first-order chi connectivity index (χ1) is 8.36. The second kappa shape index (κ2) is 8.48. The van der Waals surface area contributed by atoms with Gasteiger partial charge in [-0.1, -0.05) is 12.1 Å². The van der Waals surface area contributed by atoms with Crippen molar-refractivity contribution < 1.29 is 9.59 Å². The van der Waals surface area contributed by atoms with Crippen molar-refractivity contribution in [2.75, 3.05) is 18.1 Å². The molecule has 0 bridgehead atoms.